The first-order chi connectivity index (χ1) is 11.5. The van der Waals surface area contributed by atoms with Gasteiger partial charge in [-0.15, -0.1) is 0 Å². The van der Waals surface area contributed by atoms with Crippen molar-refractivity contribution < 1.29 is 14.3 Å². The maximum absolute atomic E-state index is 12.1. The lowest BCUT2D eigenvalue weighted by Gasteiger charge is -2.17. The zero-order valence-electron chi connectivity index (χ0n) is 13.3. The number of amides is 1. The summed E-state index contributed by atoms with van der Waals surface area (Å²) < 4.78 is 5.10. The van der Waals surface area contributed by atoms with Crippen LogP contribution in [0, 0.1) is 0 Å². The molecule has 0 unspecified atom stereocenters. The summed E-state index contributed by atoms with van der Waals surface area (Å²) in [6.07, 6.45) is 1.31. The van der Waals surface area contributed by atoms with Crippen molar-refractivity contribution in [2.24, 2.45) is 5.73 Å². The van der Waals surface area contributed by atoms with E-state index >= 15 is 0 Å². The number of hydrogen-bond donors (Lipinski definition) is 2. The molecule has 1 amide bonds. The van der Waals surface area contributed by atoms with Gasteiger partial charge in [-0.05, 0) is 19.8 Å². The van der Waals surface area contributed by atoms with Gasteiger partial charge >= 0.3 is 5.97 Å². The van der Waals surface area contributed by atoms with Gasteiger partial charge in [-0.3, -0.25) is 4.79 Å². The van der Waals surface area contributed by atoms with E-state index in [4.69, 9.17) is 10.5 Å². The Labute approximate surface area is 139 Å². The monoisotopic (exact) mass is 326 g/mol. The molecule has 2 aromatic rings. The third kappa shape index (κ3) is 3.19. The number of benzene rings is 1. The van der Waals surface area contributed by atoms with Crippen molar-refractivity contribution in [3.8, 4) is 11.4 Å². The zero-order chi connectivity index (χ0) is 17.2. The van der Waals surface area contributed by atoms with Crippen LogP contribution in [-0.4, -0.2) is 34.0 Å². The van der Waals surface area contributed by atoms with Crippen LogP contribution in [0.25, 0.3) is 11.4 Å². The fourth-order valence-electron chi connectivity index (χ4n) is 2.37. The predicted molar refractivity (Wildman–Crippen MR) is 88.2 cm³/mol. The molecule has 124 valence electrons. The Morgan fingerprint density at radius 3 is 2.54 bits per heavy atom. The van der Waals surface area contributed by atoms with E-state index in [-0.39, 0.29) is 11.7 Å². The van der Waals surface area contributed by atoms with Crippen molar-refractivity contribution in [2.75, 3.05) is 11.9 Å². The lowest BCUT2D eigenvalue weighted by Crippen LogP contribution is -2.34. The predicted octanol–water partition coefficient (Wildman–Crippen LogP) is 1.75. The Balaban J connectivity index is 1.95. The number of esters is 1. The highest BCUT2D eigenvalue weighted by Gasteiger charge is 2.52. The Bertz CT molecular complexity index is 773. The fourth-order valence-corrected chi connectivity index (χ4v) is 2.37. The second-order valence-electron chi connectivity index (χ2n) is 5.62. The van der Waals surface area contributed by atoms with Crippen LogP contribution in [0.15, 0.2) is 36.4 Å². The molecule has 3 rings (SSSR count). The number of anilines is 1. The molecule has 7 heteroatoms. The fraction of sp³-hybridized carbons (Fsp3) is 0.294. The van der Waals surface area contributed by atoms with Gasteiger partial charge in [0, 0.05) is 11.6 Å². The second kappa shape index (κ2) is 6.27. The van der Waals surface area contributed by atoms with Gasteiger partial charge in [0.25, 0.3) is 5.91 Å². The number of primary amides is 1. The molecule has 3 N–H and O–H groups in total. The molecule has 0 bridgehead atoms. The molecule has 1 aliphatic carbocycles. The van der Waals surface area contributed by atoms with Gasteiger partial charge in [0.1, 0.15) is 17.1 Å². The maximum Gasteiger partial charge on any atom is 0.331 e. The summed E-state index contributed by atoms with van der Waals surface area (Å²) in [4.78, 5) is 32.3. The summed E-state index contributed by atoms with van der Waals surface area (Å²) in [5.41, 5.74) is 5.44. The third-order valence-corrected chi connectivity index (χ3v) is 3.79. The van der Waals surface area contributed by atoms with Crippen LogP contribution in [0.4, 0.5) is 5.82 Å². The van der Waals surface area contributed by atoms with E-state index in [1.165, 1.54) is 6.07 Å². The first kappa shape index (κ1) is 15.9. The molecule has 24 heavy (non-hydrogen) atoms. The second-order valence-corrected chi connectivity index (χ2v) is 5.62. The van der Waals surface area contributed by atoms with Crippen LogP contribution in [0.5, 0.6) is 0 Å². The molecule has 1 aromatic heterocycles. The zero-order valence-corrected chi connectivity index (χ0v) is 13.3. The maximum atomic E-state index is 12.1. The molecule has 1 aliphatic rings. The molecular formula is C17H18N4O3. The van der Waals surface area contributed by atoms with Gasteiger partial charge in [-0.2, -0.15) is 0 Å². The minimum Gasteiger partial charge on any atom is -0.464 e. The van der Waals surface area contributed by atoms with Gasteiger partial charge < -0.3 is 15.8 Å². The lowest BCUT2D eigenvalue weighted by molar-refractivity contribution is -0.145. The average Bonchev–Trinajstić information content (AvgIpc) is 3.36. The number of rotatable bonds is 6. The first-order valence-electron chi connectivity index (χ1n) is 7.74. The van der Waals surface area contributed by atoms with E-state index in [2.05, 4.69) is 15.3 Å². The van der Waals surface area contributed by atoms with Crippen LogP contribution in [-0.2, 0) is 9.53 Å². The smallest absolute Gasteiger partial charge is 0.331 e. The molecule has 0 saturated heterocycles. The van der Waals surface area contributed by atoms with Crippen LogP contribution >= 0.6 is 0 Å². The summed E-state index contributed by atoms with van der Waals surface area (Å²) in [6.45, 7) is 2.07. The quantitative estimate of drug-likeness (QED) is 0.783. The van der Waals surface area contributed by atoms with Crippen molar-refractivity contribution in [2.45, 2.75) is 25.3 Å². The summed E-state index contributed by atoms with van der Waals surface area (Å²) in [6, 6.07) is 10.7. The Morgan fingerprint density at radius 1 is 1.25 bits per heavy atom. The minimum absolute atomic E-state index is 0.0889. The number of carbonyl (C=O) groups is 2. The molecule has 1 fully saturated rings. The van der Waals surface area contributed by atoms with Crippen molar-refractivity contribution in [1.82, 2.24) is 9.97 Å². The number of carbonyl (C=O) groups excluding carboxylic acids is 2. The van der Waals surface area contributed by atoms with Crippen molar-refractivity contribution in [3.05, 3.63) is 42.1 Å². The van der Waals surface area contributed by atoms with Crippen LogP contribution in [0.1, 0.15) is 30.3 Å². The Hall–Kier alpha value is -2.96. The summed E-state index contributed by atoms with van der Waals surface area (Å²) in [5.74, 6) is -0.221. The number of hydrogen-bond acceptors (Lipinski definition) is 6. The molecule has 0 radical (unpaired) electrons. The number of nitrogens with two attached hydrogens (primary N) is 1. The Kier molecular flexibility index (Phi) is 4.16. The van der Waals surface area contributed by atoms with Gasteiger partial charge in [0.05, 0.1) is 6.61 Å². The number of ether oxygens (including phenoxy) is 1. The van der Waals surface area contributed by atoms with Gasteiger partial charge in [-0.1, -0.05) is 30.3 Å². The first-order valence-corrected chi connectivity index (χ1v) is 7.74. The highest BCUT2D eigenvalue weighted by atomic mass is 16.5. The van der Waals surface area contributed by atoms with Crippen molar-refractivity contribution in [1.29, 1.82) is 0 Å². The normalized spacial score (nSPS) is 14.7. The van der Waals surface area contributed by atoms with Crippen molar-refractivity contribution >= 4 is 17.7 Å². The standard InChI is InChI=1S/C17H18N4O3/c1-2-24-16(23)17(8-9-17)21-13-10-12(14(18)22)19-15(20-13)11-6-4-3-5-7-11/h3-7,10H,2,8-9H2,1H3,(H2,18,22)(H,19,20,21). The molecule has 1 saturated carbocycles. The summed E-state index contributed by atoms with van der Waals surface area (Å²) in [7, 11) is 0. The van der Waals surface area contributed by atoms with Gasteiger partial charge in [-0.25, -0.2) is 14.8 Å². The Morgan fingerprint density at radius 2 is 1.96 bits per heavy atom. The molecule has 7 nitrogen and oxygen atoms in total. The van der Waals surface area contributed by atoms with Crippen LogP contribution in [0.3, 0.4) is 0 Å². The van der Waals surface area contributed by atoms with Crippen LogP contribution < -0.4 is 11.1 Å². The molecule has 0 atom stereocenters. The topological polar surface area (TPSA) is 107 Å². The lowest BCUT2D eigenvalue weighted by atomic mass is 10.2. The van der Waals surface area contributed by atoms with E-state index in [0.717, 1.165) is 5.56 Å². The van der Waals surface area contributed by atoms with Gasteiger partial charge in [0.2, 0.25) is 0 Å². The van der Waals surface area contributed by atoms with Gasteiger partial charge in [0.15, 0.2) is 5.82 Å². The molecule has 1 heterocycles. The van der Waals surface area contributed by atoms with Crippen LogP contribution in [0.2, 0.25) is 0 Å². The SMILES string of the molecule is CCOC(=O)C1(Nc2cc(C(N)=O)nc(-c3ccccc3)n2)CC1. The highest BCUT2D eigenvalue weighted by molar-refractivity contribution is 5.93. The summed E-state index contributed by atoms with van der Waals surface area (Å²) >= 11 is 0. The number of aromatic nitrogens is 2. The van der Waals surface area contributed by atoms with E-state index in [1.54, 1.807) is 6.92 Å². The molecule has 0 aliphatic heterocycles. The number of nitrogens with zero attached hydrogens (tertiary/aromatic N) is 2. The molecule has 0 spiro atoms. The molecular weight excluding hydrogens is 308 g/mol. The van der Waals surface area contributed by atoms with E-state index < -0.39 is 11.4 Å². The van der Waals surface area contributed by atoms with E-state index in [9.17, 15) is 9.59 Å². The highest BCUT2D eigenvalue weighted by Crippen LogP contribution is 2.40. The third-order valence-electron chi connectivity index (χ3n) is 3.79. The van der Waals surface area contributed by atoms with Crippen molar-refractivity contribution in [3.63, 3.8) is 0 Å². The van der Waals surface area contributed by atoms with E-state index in [1.807, 2.05) is 30.3 Å². The largest absolute Gasteiger partial charge is 0.464 e. The number of nitrogens with one attached hydrogen (secondary N) is 1. The van der Waals surface area contributed by atoms with E-state index in [0.29, 0.717) is 31.1 Å². The summed E-state index contributed by atoms with van der Waals surface area (Å²) in [5, 5.41) is 3.09. The minimum atomic E-state index is -0.771. The molecule has 1 aromatic carbocycles. The average molecular weight is 326 g/mol.